The lowest BCUT2D eigenvalue weighted by atomic mass is 10.1. The van der Waals surface area contributed by atoms with E-state index in [4.69, 9.17) is 8.92 Å². The van der Waals surface area contributed by atoms with Gasteiger partial charge in [0, 0.05) is 0 Å². The number of ether oxygens (including phenoxy) is 1. The Kier molecular flexibility index (Phi) is 7.04. The zero-order valence-electron chi connectivity index (χ0n) is 17.1. The topological polar surface area (TPSA) is 94.1 Å². The highest BCUT2D eigenvalue weighted by Gasteiger charge is 2.19. The standard InChI is InChI=1S/C23H22N2O5S/c1-17-8-11-20(12-9-17)31(27,28)30-21-13-10-19(14-22(21)29-2)16-24-25-23(26)15-18-6-4-3-5-7-18/h3-14,16H,15H2,1-2H3,(H,25,26)/b24-16+. The lowest BCUT2D eigenvalue weighted by molar-refractivity contribution is -0.120. The highest BCUT2D eigenvalue weighted by molar-refractivity contribution is 7.87. The molecule has 7 nitrogen and oxygen atoms in total. The minimum absolute atomic E-state index is 0.0481. The van der Waals surface area contributed by atoms with Gasteiger partial charge >= 0.3 is 10.1 Å². The van der Waals surface area contributed by atoms with Crippen molar-refractivity contribution in [2.45, 2.75) is 18.2 Å². The molecule has 31 heavy (non-hydrogen) atoms. The van der Waals surface area contributed by atoms with E-state index in [2.05, 4.69) is 10.5 Å². The van der Waals surface area contributed by atoms with Gasteiger partial charge in [-0.1, -0.05) is 48.0 Å². The van der Waals surface area contributed by atoms with Gasteiger partial charge in [-0.25, -0.2) is 5.43 Å². The maximum absolute atomic E-state index is 12.5. The molecule has 3 aromatic rings. The van der Waals surface area contributed by atoms with Crippen molar-refractivity contribution in [3.05, 3.63) is 89.5 Å². The molecule has 0 aromatic heterocycles. The monoisotopic (exact) mass is 438 g/mol. The van der Waals surface area contributed by atoms with Gasteiger partial charge in [-0.05, 0) is 48.4 Å². The first-order chi connectivity index (χ1) is 14.9. The summed E-state index contributed by atoms with van der Waals surface area (Å²) in [5.74, 6) is 0.0159. The highest BCUT2D eigenvalue weighted by Crippen LogP contribution is 2.30. The third kappa shape index (κ3) is 6.16. The zero-order chi connectivity index (χ0) is 22.3. The molecule has 0 spiro atoms. The van der Waals surface area contributed by atoms with Gasteiger partial charge in [-0.15, -0.1) is 0 Å². The Labute approximate surface area is 181 Å². The second kappa shape index (κ2) is 9.90. The summed E-state index contributed by atoms with van der Waals surface area (Å²) in [4.78, 5) is 12.0. The van der Waals surface area contributed by atoms with Crippen LogP contribution in [-0.4, -0.2) is 27.6 Å². The molecule has 160 valence electrons. The summed E-state index contributed by atoms with van der Waals surface area (Å²) in [7, 11) is -2.60. The molecule has 1 N–H and O–H groups in total. The molecule has 0 aliphatic rings. The molecule has 0 saturated heterocycles. The molecule has 0 heterocycles. The number of amides is 1. The maximum atomic E-state index is 12.5. The molecule has 0 aliphatic heterocycles. The molecule has 0 saturated carbocycles. The number of benzene rings is 3. The van der Waals surface area contributed by atoms with Crippen LogP contribution in [0.25, 0.3) is 0 Å². The van der Waals surface area contributed by atoms with Gasteiger partial charge in [0.05, 0.1) is 19.7 Å². The molecular weight excluding hydrogens is 416 g/mol. The average Bonchev–Trinajstić information content (AvgIpc) is 2.75. The van der Waals surface area contributed by atoms with Crippen LogP contribution >= 0.6 is 0 Å². The summed E-state index contributed by atoms with van der Waals surface area (Å²) < 4.78 is 35.5. The van der Waals surface area contributed by atoms with Gasteiger partial charge in [0.15, 0.2) is 11.5 Å². The lowest BCUT2D eigenvalue weighted by Crippen LogP contribution is -2.19. The van der Waals surface area contributed by atoms with Gasteiger partial charge in [0.25, 0.3) is 0 Å². The predicted molar refractivity (Wildman–Crippen MR) is 118 cm³/mol. The molecule has 1 amide bonds. The maximum Gasteiger partial charge on any atom is 0.339 e. The molecule has 3 aromatic carbocycles. The van der Waals surface area contributed by atoms with Crippen LogP contribution in [0.5, 0.6) is 11.5 Å². The van der Waals surface area contributed by atoms with Gasteiger partial charge in [0.2, 0.25) is 5.91 Å². The average molecular weight is 439 g/mol. The Morgan fingerprint density at radius 3 is 2.39 bits per heavy atom. The molecule has 0 fully saturated rings. The van der Waals surface area contributed by atoms with Crippen LogP contribution in [0.15, 0.2) is 82.8 Å². The largest absolute Gasteiger partial charge is 0.493 e. The van der Waals surface area contributed by atoms with Crippen molar-refractivity contribution < 1.29 is 22.1 Å². The van der Waals surface area contributed by atoms with E-state index < -0.39 is 10.1 Å². The SMILES string of the molecule is COc1cc(/C=N/NC(=O)Cc2ccccc2)ccc1OS(=O)(=O)c1ccc(C)cc1. The van der Waals surface area contributed by atoms with Crippen molar-refractivity contribution in [1.29, 1.82) is 0 Å². The van der Waals surface area contributed by atoms with Crippen LogP contribution in [0.3, 0.4) is 0 Å². The zero-order valence-corrected chi connectivity index (χ0v) is 17.9. The van der Waals surface area contributed by atoms with Crippen LogP contribution in [-0.2, 0) is 21.3 Å². The van der Waals surface area contributed by atoms with E-state index in [-0.39, 0.29) is 28.7 Å². The fourth-order valence-electron chi connectivity index (χ4n) is 2.70. The second-order valence-corrected chi connectivity index (χ2v) is 8.26. The van der Waals surface area contributed by atoms with E-state index in [1.165, 1.54) is 31.5 Å². The molecule has 0 aliphatic carbocycles. The fourth-order valence-corrected chi connectivity index (χ4v) is 3.64. The van der Waals surface area contributed by atoms with Crippen LogP contribution in [0, 0.1) is 6.92 Å². The Balaban J connectivity index is 1.67. The molecule has 0 bridgehead atoms. The minimum atomic E-state index is -4.00. The molecule has 3 rings (SSSR count). The smallest absolute Gasteiger partial charge is 0.339 e. The number of hydrogen-bond acceptors (Lipinski definition) is 6. The summed E-state index contributed by atoms with van der Waals surface area (Å²) in [5.41, 5.74) is 4.88. The van der Waals surface area contributed by atoms with Crippen molar-refractivity contribution in [1.82, 2.24) is 5.43 Å². The highest BCUT2D eigenvalue weighted by atomic mass is 32.2. The molecule has 8 heteroatoms. The van der Waals surface area contributed by atoms with Crippen molar-refractivity contribution in [3.8, 4) is 11.5 Å². The van der Waals surface area contributed by atoms with E-state index in [0.717, 1.165) is 11.1 Å². The van der Waals surface area contributed by atoms with Gasteiger partial charge in [-0.2, -0.15) is 13.5 Å². The normalized spacial score (nSPS) is 11.3. The lowest BCUT2D eigenvalue weighted by Gasteiger charge is -2.11. The summed E-state index contributed by atoms with van der Waals surface area (Å²) in [6.07, 6.45) is 1.65. The predicted octanol–water partition coefficient (Wildman–Crippen LogP) is 3.46. The third-order valence-corrected chi connectivity index (χ3v) is 5.56. The summed E-state index contributed by atoms with van der Waals surface area (Å²) in [6, 6.07) is 20.3. The molecular formula is C23H22N2O5S. The van der Waals surface area contributed by atoms with E-state index in [1.54, 1.807) is 24.3 Å². The number of carbonyl (C=O) groups is 1. The first-order valence-electron chi connectivity index (χ1n) is 9.42. The third-order valence-electron chi connectivity index (χ3n) is 4.31. The number of carbonyl (C=O) groups excluding carboxylic acids is 1. The Bertz CT molecular complexity index is 1170. The van der Waals surface area contributed by atoms with Gasteiger partial charge in [-0.3, -0.25) is 4.79 Å². The van der Waals surface area contributed by atoms with Crippen molar-refractivity contribution in [2.75, 3.05) is 7.11 Å². The van der Waals surface area contributed by atoms with Gasteiger partial charge < -0.3 is 8.92 Å². The first kappa shape index (κ1) is 22.0. The van der Waals surface area contributed by atoms with Crippen LogP contribution in [0.1, 0.15) is 16.7 Å². The van der Waals surface area contributed by atoms with Crippen molar-refractivity contribution in [3.63, 3.8) is 0 Å². The minimum Gasteiger partial charge on any atom is -0.493 e. The number of methoxy groups -OCH3 is 1. The van der Waals surface area contributed by atoms with E-state index in [9.17, 15) is 13.2 Å². The molecule has 0 unspecified atom stereocenters. The Hall–Kier alpha value is -3.65. The Morgan fingerprint density at radius 1 is 1.00 bits per heavy atom. The quantitative estimate of drug-likeness (QED) is 0.330. The Morgan fingerprint density at radius 2 is 1.71 bits per heavy atom. The van der Waals surface area contributed by atoms with Crippen LogP contribution in [0.2, 0.25) is 0 Å². The van der Waals surface area contributed by atoms with Crippen LogP contribution < -0.4 is 14.3 Å². The molecule has 0 radical (unpaired) electrons. The number of nitrogens with zero attached hydrogens (tertiary/aromatic N) is 1. The first-order valence-corrected chi connectivity index (χ1v) is 10.8. The van der Waals surface area contributed by atoms with Crippen molar-refractivity contribution >= 4 is 22.2 Å². The summed E-state index contributed by atoms with van der Waals surface area (Å²) in [5, 5.41) is 3.93. The van der Waals surface area contributed by atoms with E-state index in [0.29, 0.717) is 5.56 Å². The van der Waals surface area contributed by atoms with Gasteiger partial charge in [0.1, 0.15) is 4.90 Å². The van der Waals surface area contributed by atoms with E-state index in [1.807, 2.05) is 37.3 Å². The summed E-state index contributed by atoms with van der Waals surface area (Å²) in [6.45, 7) is 1.87. The van der Waals surface area contributed by atoms with Crippen LogP contribution in [0.4, 0.5) is 0 Å². The second-order valence-electron chi connectivity index (χ2n) is 6.72. The molecule has 0 atom stereocenters. The number of hydrazone groups is 1. The van der Waals surface area contributed by atoms with Crippen molar-refractivity contribution in [2.24, 2.45) is 5.10 Å². The number of hydrogen-bond donors (Lipinski definition) is 1. The number of aryl methyl sites for hydroxylation is 1. The number of rotatable bonds is 8. The fraction of sp³-hybridized carbons (Fsp3) is 0.130. The summed E-state index contributed by atoms with van der Waals surface area (Å²) >= 11 is 0. The number of nitrogens with one attached hydrogen (secondary N) is 1. The van der Waals surface area contributed by atoms with E-state index >= 15 is 0 Å².